The standard InChI is InChI=1S/C34H30N2O7S/c1-4-42-27-19-24(16-18-26(27)43-20-23-13-9-6-10-14-23)29-28(25(37)17-15-22-11-7-5-8-12-22)30(38)32(39)36(29)34-35-21(2)31(44-34)33(40)41-3/h5-19,29,38H,4,20H2,1-3H3. The maximum Gasteiger partial charge on any atom is 0.350 e. The van der Waals surface area contributed by atoms with E-state index in [0.29, 0.717) is 36.0 Å². The van der Waals surface area contributed by atoms with Gasteiger partial charge in [0, 0.05) is 0 Å². The molecule has 1 atom stereocenters. The summed E-state index contributed by atoms with van der Waals surface area (Å²) in [6.07, 6.45) is 2.93. The largest absolute Gasteiger partial charge is 0.503 e. The first-order valence-corrected chi connectivity index (χ1v) is 14.7. The summed E-state index contributed by atoms with van der Waals surface area (Å²) >= 11 is 0.937. The van der Waals surface area contributed by atoms with Gasteiger partial charge in [-0.25, -0.2) is 9.78 Å². The lowest BCUT2D eigenvalue weighted by Crippen LogP contribution is -2.31. The fraction of sp³-hybridized carbons (Fsp3) is 0.176. The number of carbonyl (C=O) groups is 3. The van der Waals surface area contributed by atoms with Crippen LogP contribution in [0, 0.1) is 6.92 Å². The van der Waals surface area contributed by atoms with Gasteiger partial charge in [0.15, 0.2) is 28.2 Å². The Morgan fingerprint density at radius 2 is 1.70 bits per heavy atom. The third-order valence-corrected chi connectivity index (χ3v) is 8.02. The van der Waals surface area contributed by atoms with Crippen molar-refractivity contribution in [3.05, 3.63) is 124 Å². The summed E-state index contributed by atoms with van der Waals surface area (Å²) in [6, 6.07) is 22.9. The SMILES string of the molecule is CCOc1cc(C2C(C(=O)C=Cc3ccccc3)=C(O)C(=O)N2c2nc(C)c(C(=O)OC)s2)ccc1OCc1ccccc1. The highest BCUT2D eigenvalue weighted by Gasteiger charge is 2.45. The monoisotopic (exact) mass is 610 g/mol. The number of aromatic nitrogens is 1. The zero-order chi connectivity index (χ0) is 31.2. The number of hydrogen-bond acceptors (Lipinski definition) is 9. The average Bonchev–Trinajstić information content (AvgIpc) is 3.55. The molecule has 3 aromatic carbocycles. The lowest BCUT2D eigenvalue weighted by atomic mass is 9.95. The molecule has 1 aromatic heterocycles. The fourth-order valence-corrected chi connectivity index (χ4v) is 5.79. The lowest BCUT2D eigenvalue weighted by molar-refractivity contribution is -0.117. The molecule has 2 heterocycles. The van der Waals surface area contributed by atoms with E-state index in [1.54, 1.807) is 31.2 Å². The molecule has 224 valence electrons. The maximum absolute atomic E-state index is 13.7. The molecule has 0 saturated carbocycles. The smallest absolute Gasteiger partial charge is 0.350 e. The van der Waals surface area contributed by atoms with Crippen LogP contribution in [-0.2, 0) is 20.9 Å². The molecule has 4 aromatic rings. The van der Waals surface area contributed by atoms with Gasteiger partial charge in [-0.3, -0.25) is 14.5 Å². The van der Waals surface area contributed by atoms with Gasteiger partial charge < -0.3 is 19.3 Å². The molecule has 1 aliphatic heterocycles. The third-order valence-electron chi connectivity index (χ3n) is 6.88. The molecule has 0 saturated heterocycles. The van der Waals surface area contributed by atoms with Crippen LogP contribution in [0.2, 0.25) is 0 Å². The number of aliphatic hydroxyl groups excluding tert-OH is 1. The molecule has 1 N–H and O–H groups in total. The van der Waals surface area contributed by atoms with Gasteiger partial charge >= 0.3 is 5.97 Å². The van der Waals surface area contributed by atoms with Crippen molar-refractivity contribution in [1.82, 2.24) is 4.98 Å². The number of ether oxygens (including phenoxy) is 3. The molecule has 0 bridgehead atoms. The Morgan fingerprint density at radius 1 is 1.00 bits per heavy atom. The molecule has 1 aliphatic rings. The predicted molar refractivity (Wildman–Crippen MR) is 167 cm³/mol. The van der Waals surface area contributed by atoms with E-state index < -0.39 is 29.5 Å². The zero-order valence-corrected chi connectivity index (χ0v) is 25.2. The molecule has 0 spiro atoms. The quantitative estimate of drug-likeness (QED) is 0.153. The van der Waals surface area contributed by atoms with Gasteiger partial charge in [0.05, 0.1) is 31.0 Å². The molecular weight excluding hydrogens is 580 g/mol. The van der Waals surface area contributed by atoms with Crippen molar-refractivity contribution in [3.8, 4) is 11.5 Å². The summed E-state index contributed by atoms with van der Waals surface area (Å²) in [5.41, 5.74) is 2.44. The van der Waals surface area contributed by atoms with Gasteiger partial charge in [-0.05, 0) is 48.7 Å². The van der Waals surface area contributed by atoms with Gasteiger partial charge in [-0.15, -0.1) is 0 Å². The summed E-state index contributed by atoms with van der Waals surface area (Å²) < 4.78 is 16.8. The first-order chi connectivity index (χ1) is 21.3. The molecule has 0 radical (unpaired) electrons. The van der Waals surface area contributed by atoms with Crippen LogP contribution in [0.1, 0.15) is 45.0 Å². The topological polar surface area (TPSA) is 115 Å². The average molecular weight is 611 g/mol. The Bertz CT molecular complexity index is 1750. The minimum absolute atomic E-state index is 0.127. The molecule has 10 heteroatoms. The van der Waals surface area contributed by atoms with Crippen molar-refractivity contribution in [2.45, 2.75) is 26.5 Å². The molecule has 0 aliphatic carbocycles. The number of thiazole rings is 1. The number of aliphatic hydroxyl groups is 1. The minimum atomic E-state index is -1.08. The summed E-state index contributed by atoms with van der Waals surface area (Å²) in [7, 11) is 1.25. The van der Waals surface area contributed by atoms with E-state index in [-0.39, 0.29) is 15.6 Å². The number of aryl methyl sites for hydroxylation is 1. The summed E-state index contributed by atoms with van der Waals surface area (Å²) in [5.74, 6) is -1.81. The van der Waals surface area contributed by atoms with E-state index >= 15 is 0 Å². The van der Waals surface area contributed by atoms with Crippen molar-refractivity contribution in [3.63, 3.8) is 0 Å². The number of hydrogen-bond donors (Lipinski definition) is 1. The van der Waals surface area contributed by atoms with Crippen LogP contribution in [0.5, 0.6) is 11.5 Å². The number of methoxy groups -OCH3 is 1. The second-order valence-corrected chi connectivity index (χ2v) is 10.7. The van der Waals surface area contributed by atoms with Crippen LogP contribution in [0.15, 0.2) is 96.3 Å². The zero-order valence-electron chi connectivity index (χ0n) is 24.4. The Balaban J connectivity index is 1.58. The number of nitrogens with zero attached hydrogens (tertiary/aromatic N) is 2. The molecule has 0 fully saturated rings. The number of carbonyl (C=O) groups excluding carboxylic acids is 3. The van der Waals surface area contributed by atoms with Crippen LogP contribution in [0.25, 0.3) is 6.08 Å². The number of anilines is 1. The van der Waals surface area contributed by atoms with E-state index in [1.807, 2.05) is 67.6 Å². The van der Waals surface area contributed by atoms with E-state index in [9.17, 15) is 19.5 Å². The minimum Gasteiger partial charge on any atom is -0.503 e. The number of ketones is 1. The summed E-state index contributed by atoms with van der Waals surface area (Å²) in [4.78, 5) is 45.5. The highest BCUT2D eigenvalue weighted by atomic mass is 32.1. The Kier molecular flexibility index (Phi) is 9.20. The van der Waals surface area contributed by atoms with Crippen molar-refractivity contribution >= 4 is 40.2 Å². The summed E-state index contributed by atoms with van der Waals surface area (Å²) in [6.45, 7) is 4.09. The van der Waals surface area contributed by atoms with Crippen molar-refractivity contribution in [2.24, 2.45) is 0 Å². The molecule has 9 nitrogen and oxygen atoms in total. The van der Waals surface area contributed by atoms with Crippen LogP contribution in [0.3, 0.4) is 0 Å². The number of esters is 1. The normalized spacial score (nSPS) is 14.8. The fourth-order valence-electron chi connectivity index (χ4n) is 4.78. The van der Waals surface area contributed by atoms with Crippen LogP contribution >= 0.6 is 11.3 Å². The van der Waals surface area contributed by atoms with Crippen molar-refractivity contribution in [2.75, 3.05) is 18.6 Å². The van der Waals surface area contributed by atoms with Crippen molar-refractivity contribution in [1.29, 1.82) is 0 Å². The second kappa shape index (κ2) is 13.4. The Labute approximate surface area is 258 Å². The van der Waals surface area contributed by atoms with Gasteiger partial charge in [-0.2, -0.15) is 0 Å². The van der Waals surface area contributed by atoms with Gasteiger partial charge in [0.2, 0.25) is 0 Å². The number of amides is 1. The lowest BCUT2D eigenvalue weighted by Gasteiger charge is -2.25. The summed E-state index contributed by atoms with van der Waals surface area (Å²) in [5, 5.41) is 11.2. The second-order valence-electron chi connectivity index (χ2n) is 9.76. The van der Waals surface area contributed by atoms with E-state index in [4.69, 9.17) is 14.2 Å². The van der Waals surface area contributed by atoms with Gasteiger partial charge in [0.25, 0.3) is 5.91 Å². The number of rotatable bonds is 11. The van der Waals surface area contributed by atoms with Crippen LogP contribution < -0.4 is 14.4 Å². The third kappa shape index (κ3) is 6.25. The molecule has 1 amide bonds. The van der Waals surface area contributed by atoms with Crippen molar-refractivity contribution < 1.29 is 33.7 Å². The Hall–Kier alpha value is -5.22. The van der Waals surface area contributed by atoms with Crippen LogP contribution in [0.4, 0.5) is 5.13 Å². The van der Waals surface area contributed by atoms with E-state index in [1.165, 1.54) is 18.1 Å². The predicted octanol–water partition coefficient (Wildman–Crippen LogP) is 6.40. The number of benzene rings is 3. The van der Waals surface area contributed by atoms with Crippen LogP contribution in [-0.4, -0.2) is 41.5 Å². The van der Waals surface area contributed by atoms with Gasteiger partial charge in [0.1, 0.15) is 11.5 Å². The molecule has 44 heavy (non-hydrogen) atoms. The maximum atomic E-state index is 13.7. The molecule has 5 rings (SSSR count). The molecular formula is C34H30N2O7S. The van der Waals surface area contributed by atoms with E-state index in [0.717, 1.165) is 22.5 Å². The van der Waals surface area contributed by atoms with Gasteiger partial charge in [-0.1, -0.05) is 84.1 Å². The first-order valence-electron chi connectivity index (χ1n) is 13.9. The highest BCUT2D eigenvalue weighted by Crippen LogP contribution is 2.45. The van der Waals surface area contributed by atoms with E-state index in [2.05, 4.69) is 4.98 Å². The number of allylic oxidation sites excluding steroid dienone is 1. The highest BCUT2D eigenvalue weighted by molar-refractivity contribution is 7.17. The first kappa shape index (κ1) is 30.2. The Morgan fingerprint density at radius 3 is 2.39 bits per heavy atom. The molecule has 1 unspecified atom stereocenters.